The Bertz CT molecular complexity index is 286. The molecule has 6 nitrogen and oxygen atoms in total. The maximum atomic E-state index is 10.6. The van der Waals surface area contributed by atoms with E-state index in [2.05, 4.69) is 9.80 Å². The van der Waals surface area contributed by atoms with Crippen LogP contribution >= 0.6 is 0 Å². The molecule has 1 heterocycles. The molecule has 1 fully saturated rings. The van der Waals surface area contributed by atoms with E-state index >= 15 is 0 Å². The molecule has 16 heavy (non-hydrogen) atoms. The number of piperazine rings is 1. The number of methoxy groups -OCH3 is 1. The van der Waals surface area contributed by atoms with Gasteiger partial charge in [0, 0.05) is 46.4 Å². The largest absolute Gasteiger partial charge is 0.383 e. The lowest BCUT2D eigenvalue weighted by atomic mass is 10.3. The van der Waals surface area contributed by atoms with E-state index in [1.54, 1.807) is 7.11 Å². The summed E-state index contributed by atoms with van der Waals surface area (Å²) < 4.78 is 34.8. The minimum atomic E-state index is -3.83. The summed E-state index contributed by atoms with van der Waals surface area (Å²) >= 11 is 0. The molecule has 0 atom stereocenters. The van der Waals surface area contributed by atoms with Crippen molar-refractivity contribution in [3.8, 4) is 0 Å². The molecule has 0 unspecified atom stereocenters. The van der Waals surface area contributed by atoms with Crippen molar-refractivity contribution in [2.45, 2.75) is 0 Å². The first kappa shape index (κ1) is 13.9. The Kier molecular flexibility index (Phi) is 5.63. The van der Waals surface area contributed by atoms with Crippen molar-refractivity contribution in [3.05, 3.63) is 0 Å². The summed E-state index contributed by atoms with van der Waals surface area (Å²) in [6.45, 7) is 5.60. The predicted molar refractivity (Wildman–Crippen MR) is 61.2 cm³/mol. The van der Waals surface area contributed by atoms with Crippen LogP contribution in [0.25, 0.3) is 0 Å². The first-order valence-corrected chi connectivity index (χ1v) is 7.01. The van der Waals surface area contributed by atoms with Gasteiger partial charge in [-0.05, 0) is 0 Å². The van der Waals surface area contributed by atoms with E-state index in [0.717, 1.165) is 39.3 Å². The van der Waals surface area contributed by atoms with E-state index in [1.165, 1.54) is 0 Å². The van der Waals surface area contributed by atoms with Gasteiger partial charge in [0.05, 0.1) is 12.4 Å². The molecule has 1 saturated heterocycles. The van der Waals surface area contributed by atoms with Crippen LogP contribution in [0, 0.1) is 0 Å². The molecule has 0 aliphatic carbocycles. The van der Waals surface area contributed by atoms with Gasteiger partial charge in [0.2, 0.25) is 0 Å². The van der Waals surface area contributed by atoms with Crippen LogP contribution in [0.2, 0.25) is 0 Å². The Morgan fingerprint density at radius 2 is 1.62 bits per heavy atom. The van der Waals surface area contributed by atoms with Gasteiger partial charge in [-0.3, -0.25) is 14.4 Å². The van der Waals surface area contributed by atoms with E-state index in [1.807, 2.05) is 0 Å². The van der Waals surface area contributed by atoms with E-state index in [-0.39, 0.29) is 5.75 Å². The zero-order valence-electron chi connectivity index (χ0n) is 9.63. The highest BCUT2D eigenvalue weighted by Crippen LogP contribution is 2.01. The third-order valence-electron chi connectivity index (χ3n) is 2.74. The number of nitrogens with zero attached hydrogens (tertiary/aromatic N) is 2. The second-order valence-electron chi connectivity index (χ2n) is 3.96. The molecule has 7 heteroatoms. The van der Waals surface area contributed by atoms with Gasteiger partial charge in [-0.15, -0.1) is 0 Å². The Hall–Kier alpha value is -0.210. The third-order valence-corrected chi connectivity index (χ3v) is 3.44. The van der Waals surface area contributed by atoms with Gasteiger partial charge >= 0.3 is 0 Å². The van der Waals surface area contributed by atoms with Gasteiger partial charge in [-0.2, -0.15) is 8.42 Å². The fraction of sp³-hybridized carbons (Fsp3) is 1.00. The number of hydrogen-bond donors (Lipinski definition) is 1. The maximum Gasteiger partial charge on any atom is 0.266 e. The highest BCUT2D eigenvalue weighted by atomic mass is 32.2. The summed E-state index contributed by atoms with van der Waals surface area (Å²) in [5.41, 5.74) is 0. The van der Waals surface area contributed by atoms with Crippen LogP contribution in [0.5, 0.6) is 0 Å². The summed E-state index contributed by atoms with van der Waals surface area (Å²) in [6.07, 6.45) is 0. The van der Waals surface area contributed by atoms with Crippen LogP contribution < -0.4 is 0 Å². The molecule has 0 radical (unpaired) electrons. The van der Waals surface area contributed by atoms with Crippen LogP contribution in [0.1, 0.15) is 0 Å². The Morgan fingerprint density at radius 1 is 1.12 bits per heavy atom. The van der Waals surface area contributed by atoms with Gasteiger partial charge in [-0.25, -0.2) is 0 Å². The predicted octanol–water partition coefficient (Wildman–Crippen LogP) is -0.862. The van der Waals surface area contributed by atoms with Crippen molar-refractivity contribution in [2.24, 2.45) is 0 Å². The van der Waals surface area contributed by atoms with Crippen LogP contribution in [0.4, 0.5) is 0 Å². The monoisotopic (exact) mass is 252 g/mol. The molecule has 0 bridgehead atoms. The quantitative estimate of drug-likeness (QED) is 0.620. The first-order valence-electron chi connectivity index (χ1n) is 5.40. The SMILES string of the molecule is COCCN1CCN(CCS(=O)(=O)O)CC1. The standard InChI is InChI=1S/C9H20N2O4S/c1-15-8-6-10-2-4-11(5-3-10)7-9-16(12,13)14/h2-9H2,1H3,(H,12,13,14). The molecule has 1 rings (SSSR count). The minimum absolute atomic E-state index is 0.176. The molecule has 96 valence electrons. The molecular weight excluding hydrogens is 232 g/mol. The summed E-state index contributed by atoms with van der Waals surface area (Å²) in [5.74, 6) is -0.176. The second-order valence-corrected chi connectivity index (χ2v) is 5.53. The topological polar surface area (TPSA) is 70.1 Å². The number of ether oxygens (including phenoxy) is 1. The van der Waals surface area contributed by atoms with Gasteiger partial charge < -0.3 is 4.74 Å². The smallest absolute Gasteiger partial charge is 0.266 e. The fourth-order valence-electron chi connectivity index (χ4n) is 1.70. The van der Waals surface area contributed by atoms with E-state index in [9.17, 15) is 8.42 Å². The van der Waals surface area contributed by atoms with Crippen molar-refractivity contribution >= 4 is 10.1 Å². The van der Waals surface area contributed by atoms with E-state index in [0.29, 0.717) is 6.54 Å². The first-order chi connectivity index (χ1) is 7.51. The Morgan fingerprint density at radius 3 is 2.06 bits per heavy atom. The molecular formula is C9H20N2O4S. The zero-order chi connectivity index (χ0) is 12.0. The van der Waals surface area contributed by atoms with Gasteiger partial charge in [0.1, 0.15) is 0 Å². The molecule has 1 aliphatic rings. The molecule has 0 aromatic heterocycles. The number of rotatable bonds is 6. The highest BCUT2D eigenvalue weighted by Gasteiger charge is 2.17. The average molecular weight is 252 g/mol. The van der Waals surface area contributed by atoms with Crippen molar-refractivity contribution in [2.75, 3.05) is 58.7 Å². The third kappa shape index (κ3) is 5.76. The Balaban J connectivity index is 2.17. The lowest BCUT2D eigenvalue weighted by Crippen LogP contribution is -2.48. The summed E-state index contributed by atoms with van der Waals surface area (Å²) in [6, 6.07) is 0. The minimum Gasteiger partial charge on any atom is -0.383 e. The maximum absolute atomic E-state index is 10.6. The van der Waals surface area contributed by atoms with Gasteiger partial charge in [0.15, 0.2) is 0 Å². The second kappa shape index (κ2) is 6.51. The molecule has 1 aliphatic heterocycles. The van der Waals surface area contributed by atoms with Crippen molar-refractivity contribution < 1.29 is 17.7 Å². The zero-order valence-corrected chi connectivity index (χ0v) is 10.4. The van der Waals surface area contributed by atoms with Gasteiger partial charge in [0.25, 0.3) is 10.1 Å². The molecule has 0 amide bonds. The lowest BCUT2D eigenvalue weighted by molar-refractivity contribution is 0.0997. The van der Waals surface area contributed by atoms with E-state index < -0.39 is 10.1 Å². The molecule has 0 aromatic rings. The summed E-state index contributed by atoms with van der Waals surface area (Å²) in [7, 11) is -2.14. The highest BCUT2D eigenvalue weighted by molar-refractivity contribution is 7.85. The number of hydrogen-bond acceptors (Lipinski definition) is 5. The molecule has 0 aromatic carbocycles. The van der Waals surface area contributed by atoms with E-state index in [4.69, 9.17) is 9.29 Å². The van der Waals surface area contributed by atoms with Crippen molar-refractivity contribution in [1.82, 2.24) is 9.80 Å². The molecule has 1 N–H and O–H groups in total. The van der Waals surface area contributed by atoms with Crippen molar-refractivity contribution in [3.63, 3.8) is 0 Å². The normalized spacial score (nSPS) is 20.1. The van der Waals surface area contributed by atoms with Crippen LogP contribution in [-0.4, -0.2) is 81.5 Å². The summed E-state index contributed by atoms with van der Waals surface area (Å²) in [5, 5.41) is 0. The average Bonchev–Trinajstić information content (AvgIpc) is 2.24. The van der Waals surface area contributed by atoms with Crippen LogP contribution in [0.3, 0.4) is 0 Å². The molecule has 0 spiro atoms. The van der Waals surface area contributed by atoms with Crippen LogP contribution in [0.15, 0.2) is 0 Å². The summed E-state index contributed by atoms with van der Waals surface area (Å²) in [4.78, 5) is 4.34. The fourth-order valence-corrected chi connectivity index (χ4v) is 2.19. The van der Waals surface area contributed by atoms with Crippen molar-refractivity contribution in [1.29, 1.82) is 0 Å². The van der Waals surface area contributed by atoms with Gasteiger partial charge in [-0.1, -0.05) is 0 Å². The lowest BCUT2D eigenvalue weighted by Gasteiger charge is -2.34. The van der Waals surface area contributed by atoms with Crippen LogP contribution in [-0.2, 0) is 14.9 Å². The Labute approximate surface area is 96.9 Å². The molecule has 0 saturated carbocycles.